The molecule has 3 aliphatic rings. The van der Waals surface area contributed by atoms with Gasteiger partial charge in [-0.25, -0.2) is 0 Å². The summed E-state index contributed by atoms with van der Waals surface area (Å²) in [4.78, 5) is 30.6. The summed E-state index contributed by atoms with van der Waals surface area (Å²) in [6.45, 7) is 3.40. The maximum absolute atomic E-state index is 13.1. The van der Waals surface area contributed by atoms with Crippen molar-refractivity contribution < 1.29 is 14.3 Å². The number of ether oxygens (including phenoxy) is 1. The highest BCUT2D eigenvalue weighted by Gasteiger charge is 2.63. The van der Waals surface area contributed by atoms with Gasteiger partial charge in [-0.05, 0) is 31.0 Å². The van der Waals surface area contributed by atoms with Crippen molar-refractivity contribution in [3.05, 3.63) is 36.2 Å². The van der Waals surface area contributed by atoms with Crippen LogP contribution >= 0.6 is 0 Å². The SMILES string of the molecule is CC(=O)NC[C@H]1[C@H]2CN(C(=O)c3cc(-c4ccccn4)n[nH]3)C[C@]23CC[C@H]1O3. The molecule has 3 fully saturated rings. The van der Waals surface area contributed by atoms with Gasteiger partial charge in [0.15, 0.2) is 0 Å². The fraction of sp³-hybridized carbons (Fsp3) is 0.500. The molecule has 146 valence electrons. The number of rotatable bonds is 4. The van der Waals surface area contributed by atoms with E-state index in [1.165, 1.54) is 6.92 Å². The monoisotopic (exact) mass is 381 g/mol. The topological polar surface area (TPSA) is 100 Å². The summed E-state index contributed by atoms with van der Waals surface area (Å²) in [5.41, 5.74) is 1.59. The van der Waals surface area contributed by atoms with Gasteiger partial charge >= 0.3 is 0 Å². The number of likely N-dealkylation sites (tertiary alicyclic amines) is 1. The molecule has 0 saturated carbocycles. The van der Waals surface area contributed by atoms with E-state index in [4.69, 9.17) is 4.74 Å². The minimum Gasteiger partial charge on any atom is -0.369 e. The van der Waals surface area contributed by atoms with Crippen LogP contribution in [-0.2, 0) is 9.53 Å². The number of aromatic nitrogens is 3. The number of nitrogens with zero attached hydrogens (tertiary/aromatic N) is 3. The molecule has 3 saturated heterocycles. The average Bonchev–Trinajstić information content (AvgIpc) is 3.45. The van der Waals surface area contributed by atoms with Gasteiger partial charge in [0.2, 0.25) is 5.91 Å². The molecule has 8 nitrogen and oxygen atoms in total. The first-order valence-electron chi connectivity index (χ1n) is 9.74. The summed E-state index contributed by atoms with van der Waals surface area (Å²) < 4.78 is 6.34. The predicted octanol–water partition coefficient (Wildman–Crippen LogP) is 1.23. The Morgan fingerprint density at radius 2 is 2.29 bits per heavy atom. The van der Waals surface area contributed by atoms with Crippen LogP contribution in [0.5, 0.6) is 0 Å². The summed E-state index contributed by atoms with van der Waals surface area (Å²) in [5, 5.41) is 10.0. The van der Waals surface area contributed by atoms with Crippen molar-refractivity contribution >= 4 is 11.8 Å². The molecule has 2 N–H and O–H groups in total. The molecule has 8 heteroatoms. The number of fused-ring (bicyclic) bond motifs is 1. The number of hydrogen-bond acceptors (Lipinski definition) is 5. The zero-order valence-electron chi connectivity index (χ0n) is 15.7. The van der Waals surface area contributed by atoms with Gasteiger partial charge in [0.1, 0.15) is 11.4 Å². The molecule has 28 heavy (non-hydrogen) atoms. The van der Waals surface area contributed by atoms with E-state index in [-0.39, 0.29) is 35.4 Å². The Bertz CT molecular complexity index is 914. The van der Waals surface area contributed by atoms with Crippen LogP contribution in [0.1, 0.15) is 30.3 Å². The van der Waals surface area contributed by atoms with E-state index in [0.29, 0.717) is 31.0 Å². The Hall–Kier alpha value is -2.74. The molecule has 2 aromatic rings. The minimum absolute atomic E-state index is 0.0257. The number of nitrogens with one attached hydrogen (secondary N) is 2. The molecule has 2 bridgehead atoms. The summed E-state index contributed by atoms with van der Waals surface area (Å²) in [7, 11) is 0. The van der Waals surface area contributed by atoms with Crippen LogP contribution in [0.3, 0.4) is 0 Å². The molecule has 5 heterocycles. The van der Waals surface area contributed by atoms with E-state index in [1.807, 2.05) is 23.1 Å². The number of H-pyrrole nitrogens is 1. The standard InChI is InChI=1S/C20H23N5O3/c1-12(26)22-9-13-14-10-25(11-20(14)6-5-18(13)28-20)19(27)17-8-16(23-24-17)15-4-2-3-7-21-15/h2-4,7-8,13-14,18H,5-6,9-11H2,1H3,(H,22,26)(H,23,24)/t13-,14+,18+,20+/m0/s1. The molecular weight excluding hydrogens is 358 g/mol. The molecule has 3 aliphatic heterocycles. The Morgan fingerprint density at radius 1 is 1.39 bits per heavy atom. The van der Waals surface area contributed by atoms with Gasteiger partial charge in [0, 0.05) is 38.0 Å². The van der Waals surface area contributed by atoms with Crippen molar-refractivity contribution in [2.45, 2.75) is 31.5 Å². The number of pyridine rings is 1. The highest BCUT2D eigenvalue weighted by molar-refractivity contribution is 5.93. The molecule has 1 spiro atoms. The van der Waals surface area contributed by atoms with Crippen molar-refractivity contribution in [2.24, 2.45) is 11.8 Å². The van der Waals surface area contributed by atoms with Gasteiger partial charge < -0.3 is 15.0 Å². The molecule has 0 aromatic carbocycles. The highest BCUT2D eigenvalue weighted by Crippen LogP contribution is 2.54. The molecule has 0 radical (unpaired) electrons. The second-order valence-electron chi connectivity index (χ2n) is 8.03. The van der Waals surface area contributed by atoms with Crippen molar-refractivity contribution in [2.75, 3.05) is 19.6 Å². The Labute approximate surface area is 162 Å². The number of carbonyl (C=O) groups is 2. The summed E-state index contributed by atoms with van der Waals surface area (Å²) >= 11 is 0. The highest BCUT2D eigenvalue weighted by atomic mass is 16.5. The Kier molecular flexibility index (Phi) is 3.97. The number of carbonyl (C=O) groups excluding carboxylic acids is 2. The smallest absolute Gasteiger partial charge is 0.271 e. The maximum atomic E-state index is 13.1. The molecule has 5 rings (SSSR count). The number of amides is 2. The van der Waals surface area contributed by atoms with Gasteiger partial charge in [-0.15, -0.1) is 0 Å². The molecule has 2 aromatic heterocycles. The first-order chi connectivity index (χ1) is 13.6. The zero-order valence-corrected chi connectivity index (χ0v) is 15.7. The van der Waals surface area contributed by atoms with Crippen LogP contribution in [-0.4, -0.2) is 63.2 Å². The zero-order chi connectivity index (χ0) is 19.3. The summed E-state index contributed by atoms with van der Waals surface area (Å²) in [6, 6.07) is 7.35. The van der Waals surface area contributed by atoms with Gasteiger partial charge in [0.25, 0.3) is 5.91 Å². The largest absolute Gasteiger partial charge is 0.369 e. The second-order valence-corrected chi connectivity index (χ2v) is 8.03. The van der Waals surface area contributed by atoms with E-state index in [0.717, 1.165) is 18.5 Å². The number of hydrogen-bond donors (Lipinski definition) is 2. The van der Waals surface area contributed by atoms with Gasteiger partial charge in [0.05, 0.1) is 23.9 Å². The van der Waals surface area contributed by atoms with E-state index in [1.54, 1.807) is 12.3 Å². The van der Waals surface area contributed by atoms with E-state index < -0.39 is 0 Å². The van der Waals surface area contributed by atoms with Crippen LogP contribution in [0, 0.1) is 11.8 Å². The molecular formula is C20H23N5O3. The lowest BCUT2D eigenvalue weighted by atomic mass is 9.73. The summed E-state index contributed by atoms with van der Waals surface area (Å²) in [6.07, 6.45) is 3.87. The van der Waals surface area contributed by atoms with Crippen LogP contribution < -0.4 is 5.32 Å². The average molecular weight is 381 g/mol. The van der Waals surface area contributed by atoms with Crippen molar-refractivity contribution in [3.8, 4) is 11.4 Å². The van der Waals surface area contributed by atoms with E-state index in [9.17, 15) is 9.59 Å². The molecule has 4 atom stereocenters. The quantitative estimate of drug-likeness (QED) is 0.830. The summed E-state index contributed by atoms with van der Waals surface area (Å²) in [5.74, 6) is 0.438. The third-order valence-electron chi connectivity index (χ3n) is 6.39. The van der Waals surface area contributed by atoms with Gasteiger partial charge in [-0.3, -0.25) is 19.7 Å². The first kappa shape index (κ1) is 17.4. The van der Waals surface area contributed by atoms with Crippen LogP contribution in [0.25, 0.3) is 11.4 Å². The first-order valence-corrected chi connectivity index (χ1v) is 9.74. The molecule has 0 aliphatic carbocycles. The third-order valence-corrected chi connectivity index (χ3v) is 6.39. The van der Waals surface area contributed by atoms with Crippen LogP contribution in [0.2, 0.25) is 0 Å². The Balaban J connectivity index is 1.33. The Morgan fingerprint density at radius 3 is 3.07 bits per heavy atom. The van der Waals surface area contributed by atoms with Gasteiger partial charge in [-0.2, -0.15) is 5.10 Å². The van der Waals surface area contributed by atoms with E-state index in [2.05, 4.69) is 20.5 Å². The predicted molar refractivity (Wildman–Crippen MR) is 100 cm³/mol. The lowest BCUT2D eigenvalue weighted by molar-refractivity contribution is -0.119. The minimum atomic E-state index is -0.257. The van der Waals surface area contributed by atoms with Crippen LogP contribution in [0.15, 0.2) is 30.5 Å². The normalized spacial score (nSPS) is 30.5. The fourth-order valence-electron chi connectivity index (χ4n) is 5.13. The van der Waals surface area contributed by atoms with Crippen molar-refractivity contribution in [3.63, 3.8) is 0 Å². The molecule has 2 amide bonds. The van der Waals surface area contributed by atoms with Crippen molar-refractivity contribution in [1.82, 2.24) is 25.4 Å². The van der Waals surface area contributed by atoms with Crippen LogP contribution in [0.4, 0.5) is 0 Å². The second kappa shape index (κ2) is 6.41. The van der Waals surface area contributed by atoms with E-state index >= 15 is 0 Å². The lowest BCUT2D eigenvalue weighted by Crippen LogP contribution is -2.41. The third kappa shape index (κ3) is 2.71. The maximum Gasteiger partial charge on any atom is 0.271 e. The van der Waals surface area contributed by atoms with Crippen molar-refractivity contribution in [1.29, 1.82) is 0 Å². The van der Waals surface area contributed by atoms with Gasteiger partial charge in [-0.1, -0.05) is 6.07 Å². The molecule has 0 unspecified atom stereocenters. The number of aromatic amines is 1. The fourth-order valence-corrected chi connectivity index (χ4v) is 5.13. The lowest BCUT2D eigenvalue weighted by Gasteiger charge is -2.29.